The van der Waals surface area contributed by atoms with Crippen LogP contribution in [-0.4, -0.2) is 19.3 Å². The van der Waals surface area contributed by atoms with Gasteiger partial charge in [0.2, 0.25) is 0 Å². The van der Waals surface area contributed by atoms with Crippen LogP contribution in [0.5, 0.6) is 0 Å². The van der Waals surface area contributed by atoms with Crippen molar-refractivity contribution in [2.75, 3.05) is 13.7 Å². The lowest BCUT2D eigenvalue weighted by molar-refractivity contribution is -0.153. The van der Waals surface area contributed by atoms with E-state index in [0.717, 1.165) is 13.0 Å². The second-order valence-corrected chi connectivity index (χ2v) is 2.80. The Morgan fingerprint density at radius 3 is 2.70 bits per heavy atom. The van der Waals surface area contributed by atoms with Crippen molar-refractivity contribution in [3.8, 4) is 0 Å². The maximum Gasteiger partial charge on any atom is 0.120 e. The number of methoxy groups -OCH3 is 1. The van der Waals surface area contributed by atoms with Crippen LogP contribution in [0.2, 0.25) is 0 Å². The maximum atomic E-state index is 5.30. The molecular formula is C8H15O2. The van der Waals surface area contributed by atoms with Gasteiger partial charge in [-0.2, -0.15) is 0 Å². The van der Waals surface area contributed by atoms with Crippen LogP contribution in [0.25, 0.3) is 0 Å². The summed E-state index contributed by atoms with van der Waals surface area (Å²) < 4.78 is 10.3. The van der Waals surface area contributed by atoms with Gasteiger partial charge in [-0.1, -0.05) is 19.8 Å². The number of hydrogen-bond donors (Lipinski definition) is 0. The zero-order valence-electron chi connectivity index (χ0n) is 6.72. The van der Waals surface area contributed by atoms with Crippen molar-refractivity contribution in [1.29, 1.82) is 0 Å². The fourth-order valence-electron chi connectivity index (χ4n) is 1.09. The monoisotopic (exact) mass is 143 g/mol. The van der Waals surface area contributed by atoms with Crippen LogP contribution in [0.3, 0.4) is 0 Å². The average Bonchev–Trinajstić information content (AvgIpc) is 1.87. The Balaban J connectivity index is 2.20. The highest BCUT2D eigenvalue weighted by Crippen LogP contribution is 2.30. The van der Waals surface area contributed by atoms with Gasteiger partial charge in [0.05, 0.1) is 6.61 Å². The minimum Gasteiger partial charge on any atom is -0.373 e. The number of unbranched alkanes of at least 4 members (excludes halogenated alkanes) is 1. The zero-order chi connectivity index (χ0) is 7.45. The van der Waals surface area contributed by atoms with Crippen LogP contribution in [0.4, 0.5) is 0 Å². The smallest absolute Gasteiger partial charge is 0.120 e. The zero-order valence-corrected chi connectivity index (χ0v) is 6.72. The quantitative estimate of drug-likeness (QED) is 0.597. The van der Waals surface area contributed by atoms with E-state index in [9.17, 15) is 0 Å². The Bertz CT molecular complexity index is 91.9. The molecule has 0 N–H and O–H groups in total. The van der Waals surface area contributed by atoms with Gasteiger partial charge in [-0.15, -0.1) is 0 Å². The van der Waals surface area contributed by atoms with Gasteiger partial charge in [-0.25, -0.2) is 0 Å². The van der Waals surface area contributed by atoms with Gasteiger partial charge < -0.3 is 9.47 Å². The van der Waals surface area contributed by atoms with Gasteiger partial charge in [0, 0.05) is 7.11 Å². The largest absolute Gasteiger partial charge is 0.373 e. The minimum atomic E-state index is -0.0317. The van der Waals surface area contributed by atoms with Gasteiger partial charge in [0.1, 0.15) is 12.2 Å². The van der Waals surface area contributed by atoms with Crippen molar-refractivity contribution in [3.05, 3.63) is 6.61 Å². The Labute approximate surface area is 62.5 Å². The molecule has 1 unspecified atom stereocenters. The van der Waals surface area contributed by atoms with E-state index in [0.29, 0.717) is 0 Å². The molecule has 2 nitrogen and oxygen atoms in total. The number of hydrogen-bond acceptors (Lipinski definition) is 2. The van der Waals surface area contributed by atoms with Crippen LogP contribution < -0.4 is 0 Å². The molecule has 0 bridgehead atoms. The van der Waals surface area contributed by atoms with Crippen molar-refractivity contribution in [3.63, 3.8) is 0 Å². The third-order valence-electron chi connectivity index (χ3n) is 1.99. The summed E-state index contributed by atoms with van der Waals surface area (Å²) >= 11 is 0. The van der Waals surface area contributed by atoms with E-state index < -0.39 is 0 Å². The highest BCUT2D eigenvalue weighted by atomic mass is 16.6. The Kier molecular flexibility index (Phi) is 2.69. The molecule has 1 heterocycles. The minimum absolute atomic E-state index is 0.0317. The van der Waals surface area contributed by atoms with Gasteiger partial charge in [0.15, 0.2) is 0 Å². The molecule has 1 atom stereocenters. The SMILES string of the molecule is CCCCC1(OC)[CH]OC1. The van der Waals surface area contributed by atoms with Gasteiger partial charge in [0.25, 0.3) is 0 Å². The highest BCUT2D eigenvalue weighted by Gasteiger charge is 2.38. The van der Waals surface area contributed by atoms with E-state index in [1.807, 2.05) is 6.61 Å². The molecule has 2 heteroatoms. The molecule has 59 valence electrons. The van der Waals surface area contributed by atoms with Crippen molar-refractivity contribution in [1.82, 2.24) is 0 Å². The van der Waals surface area contributed by atoms with E-state index in [1.165, 1.54) is 12.8 Å². The third-order valence-corrected chi connectivity index (χ3v) is 1.99. The standard InChI is InChI=1S/C8H15O2/c1-3-4-5-8(9-2)6-10-7-8/h6H,3-5,7H2,1-2H3. The van der Waals surface area contributed by atoms with Crippen LogP contribution in [0.1, 0.15) is 26.2 Å². The maximum absolute atomic E-state index is 5.30. The predicted molar refractivity (Wildman–Crippen MR) is 39.5 cm³/mol. The molecule has 0 saturated carbocycles. The summed E-state index contributed by atoms with van der Waals surface area (Å²) in [6.45, 7) is 4.73. The summed E-state index contributed by atoms with van der Waals surface area (Å²) in [5.74, 6) is 0. The van der Waals surface area contributed by atoms with Crippen LogP contribution >= 0.6 is 0 Å². The molecular weight excluding hydrogens is 128 g/mol. The first-order valence-corrected chi connectivity index (χ1v) is 3.84. The van der Waals surface area contributed by atoms with Gasteiger partial charge in [-0.3, -0.25) is 0 Å². The van der Waals surface area contributed by atoms with Crippen molar-refractivity contribution >= 4 is 0 Å². The van der Waals surface area contributed by atoms with Crippen molar-refractivity contribution in [2.24, 2.45) is 0 Å². The summed E-state index contributed by atoms with van der Waals surface area (Å²) in [6, 6.07) is 0. The Hall–Kier alpha value is -0.0800. The van der Waals surface area contributed by atoms with Crippen LogP contribution in [0, 0.1) is 6.61 Å². The number of ether oxygens (including phenoxy) is 2. The molecule has 0 aromatic rings. The second kappa shape index (κ2) is 3.35. The Morgan fingerprint density at radius 2 is 2.40 bits per heavy atom. The molecule has 0 aromatic carbocycles. The fraction of sp³-hybridized carbons (Fsp3) is 0.875. The molecule has 1 aliphatic rings. The molecule has 1 saturated heterocycles. The molecule has 1 aliphatic heterocycles. The van der Waals surface area contributed by atoms with Crippen LogP contribution in [-0.2, 0) is 9.47 Å². The molecule has 0 spiro atoms. The van der Waals surface area contributed by atoms with E-state index in [1.54, 1.807) is 7.11 Å². The normalized spacial score (nSPS) is 22.2. The summed E-state index contributed by atoms with van der Waals surface area (Å²) in [5.41, 5.74) is -0.0317. The first kappa shape index (κ1) is 8.02. The van der Waals surface area contributed by atoms with E-state index in [-0.39, 0.29) is 5.60 Å². The van der Waals surface area contributed by atoms with E-state index >= 15 is 0 Å². The predicted octanol–water partition coefficient (Wildman–Crippen LogP) is 1.75. The first-order chi connectivity index (χ1) is 4.83. The molecule has 0 aliphatic carbocycles. The van der Waals surface area contributed by atoms with E-state index in [4.69, 9.17) is 9.47 Å². The Morgan fingerprint density at radius 1 is 1.70 bits per heavy atom. The highest BCUT2D eigenvalue weighted by molar-refractivity contribution is 4.96. The van der Waals surface area contributed by atoms with Crippen molar-refractivity contribution in [2.45, 2.75) is 31.8 Å². The lowest BCUT2D eigenvalue weighted by Crippen LogP contribution is -2.46. The number of rotatable bonds is 4. The third kappa shape index (κ3) is 1.50. The fourth-order valence-corrected chi connectivity index (χ4v) is 1.09. The molecule has 0 amide bonds. The lowest BCUT2D eigenvalue weighted by atomic mass is 9.95. The topological polar surface area (TPSA) is 18.5 Å². The molecule has 10 heavy (non-hydrogen) atoms. The molecule has 1 rings (SSSR count). The van der Waals surface area contributed by atoms with Crippen molar-refractivity contribution < 1.29 is 9.47 Å². The molecule has 0 aromatic heterocycles. The second-order valence-electron chi connectivity index (χ2n) is 2.80. The molecule has 1 fully saturated rings. The summed E-state index contributed by atoms with van der Waals surface area (Å²) in [5, 5.41) is 0. The summed E-state index contributed by atoms with van der Waals surface area (Å²) in [6.07, 6.45) is 3.53. The van der Waals surface area contributed by atoms with E-state index in [2.05, 4.69) is 6.92 Å². The van der Waals surface area contributed by atoms with Gasteiger partial charge >= 0.3 is 0 Å². The first-order valence-electron chi connectivity index (χ1n) is 3.84. The van der Waals surface area contributed by atoms with Gasteiger partial charge in [-0.05, 0) is 6.42 Å². The summed E-state index contributed by atoms with van der Waals surface area (Å²) in [7, 11) is 1.74. The van der Waals surface area contributed by atoms with Crippen LogP contribution in [0.15, 0.2) is 0 Å². The lowest BCUT2D eigenvalue weighted by Gasteiger charge is -2.39. The summed E-state index contributed by atoms with van der Waals surface area (Å²) in [4.78, 5) is 0. The molecule has 1 radical (unpaired) electrons. The average molecular weight is 143 g/mol.